The van der Waals surface area contributed by atoms with E-state index in [9.17, 15) is 4.79 Å². The molecule has 88 valence electrons. The quantitative estimate of drug-likeness (QED) is 0.334. The molecule has 5 nitrogen and oxygen atoms in total. The number of rotatable bonds is 3. The maximum atomic E-state index is 11.7. The first-order chi connectivity index (χ1) is 7.47. The molecule has 4 N–H and O–H groups in total. The molecule has 0 radical (unpaired) electrons. The van der Waals surface area contributed by atoms with E-state index in [1.165, 1.54) is 11.3 Å². The standard InChI is InChI=1S/C9H12ClN3O2S/c1-4-3-16-7(6(4)10)9(14)12-5(2)8(11)13-15/h3,5,15H,1-2H3,(H2,11,13)(H,12,14). The van der Waals surface area contributed by atoms with Crippen molar-refractivity contribution >= 4 is 34.7 Å². The number of halogens is 1. The molecular weight excluding hydrogens is 250 g/mol. The lowest BCUT2D eigenvalue weighted by Crippen LogP contribution is -2.42. The van der Waals surface area contributed by atoms with E-state index < -0.39 is 6.04 Å². The van der Waals surface area contributed by atoms with Crippen molar-refractivity contribution in [2.45, 2.75) is 19.9 Å². The molecule has 0 spiro atoms. The molecule has 1 unspecified atom stereocenters. The second-order valence-corrected chi connectivity index (χ2v) is 4.54. The van der Waals surface area contributed by atoms with E-state index in [0.717, 1.165) is 5.56 Å². The molecule has 1 atom stereocenters. The minimum Gasteiger partial charge on any atom is -0.409 e. The highest BCUT2D eigenvalue weighted by atomic mass is 35.5. The molecule has 7 heteroatoms. The summed E-state index contributed by atoms with van der Waals surface area (Å²) < 4.78 is 0. The molecular formula is C9H12ClN3O2S. The first kappa shape index (κ1) is 12.8. The molecule has 1 amide bonds. The Balaban J connectivity index is 2.77. The van der Waals surface area contributed by atoms with Crippen LogP contribution in [0.1, 0.15) is 22.2 Å². The average Bonchev–Trinajstić information content (AvgIpc) is 2.58. The van der Waals surface area contributed by atoms with Crippen LogP contribution in [-0.4, -0.2) is 23.0 Å². The molecule has 0 aliphatic heterocycles. The van der Waals surface area contributed by atoms with E-state index in [1.807, 2.05) is 6.92 Å². The SMILES string of the molecule is Cc1csc(C(=O)NC(C)/C(N)=N/O)c1Cl. The highest BCUT2D eigenvalue weighted by molar-refractivity contribution is 7.13. The van der Waals surface area contributed by atoms with Crippen LogP contribution in [0.15, 0.2) is 10.5 Å². The van der Waals surface area contributed by atoms with E-state index in [1.54, 1.807) is 12.3 Å². The van der Waals surface area contributed by atoms with Crippen molar-refractivity contribution in [3.8, 4) is 0 Å². The molecule has 1 rings (SSSR count). The fourth-order valence-corrected chi connectivity index (χ4v) is 2.19. The third kappa shape index (κ3) is 2.65. The Kier molecular flexibility index (Phi) is 4.14. The lowest BCUT2D eigenvalue weighted by atomic mass is 10.3. The third-order valence-corrected chi connectivity index (χ3v) is 3.71. The molecule has 1 heterocycles. The number of nitrogens with zero attached hydrogens (tertiary/aromatic N) is 1. The summed E-state index contributed by atoms with van der Waals surface area (Å²) in [5.74, 6) is -0.389. The second kappa shape index (κ2) is 5.18. The molecule has 0 bridgehead atoms. The molecule has 0 saturated carbocycles. The van der Waals surface area contributed by atoms with Gasteiger partial charge in [0.05, 0.1) is 11.1 Å². The molecule has 0 saturated heterocycles. The number of hydrogen-bond acceptors (Lipinski definition) is 4. The first-order valence-electron chi connectivity index (χ1n) is 4.49. The van der Waals surface area contributed by atoms with Crippen molar-refractivity contribution in [2.24, 2.45) is 10.9 Å². The number of thiophene rings is 1. The Hall–Kier alpha value is -1.27. The van der Waals surface area contributed by atoms with Crippen LogP contribution in [0.5, 0.6) is 0 Å². The van der Waals surface area contributed by atoms with E-state index in [0.29, 0.717) is 9.90 Å². The lowest BCUT2D eigenvalue weighted by molar-refractivity contribution is 0.0953. The molecule has 0 fully saturated rings. The van der Waals surface area contributed by atoms with Crippen molar-refractivity contribution in [3.05, 3.63) is 20.8 Å². The Labute approximate surface area is 102 Å². The first-order valence-corrected chi connectivity index (χ1v) is 5.75. The predicted molar refractivity (Wildman–Crippen MR) is 64.4 cm³/mol. The molecule has 1 aromatic heterocycles. The summed E-state index contributed by atoms with van der Waals surface area (Å²) in [6, 6.07) is -0.545. The van der Waals surface area contributed by atoms with Gasteiger partial charge in [-0.1, -0.05) is 16.8 Å². The Morgan fingerprint density at radius 3 is 2.81 bits per heavy atom. The van der Waals surface area contributed by atoms with Crippen LogP contribution in [0, 0.1) is 6.92 Å². The van der Waals surface area contributed by atoms with Crippen LogP contribution in [0.3, 0.4) is 0 Å². The Morgan fingerprint density at radius 2 is 2.38 bits per heavy atom. The van der Waals surface area contributed by atoms with Gasteiger partial charge in [-0.15, -0.1) is 11.3 Å². The molecule has 0 aromatic carbocycles. The molecule has 16 heavy (non-hydrogen) atoms. The average molecular weight is 262 g/mol. The zero-order valence-corrected chi connectivity index (χ0v) is 10.4. The number of amidine groups is 1. The van der Waals surface area contributed by atoms with Gasteiger partial charge in [-0.3, -0.25) is 4.79 Å². The number of carbonyl (C=O) groups is 1. The summed E-state index contributed by atoms with van der Waals surface area (Å²) in [4.78, 5) is 12.2. The normalized spacial score (nSPS) is 13.6. The molecule has 0 aliphatic rings. The van der Waals surface area contributed by atoms with Crippen molar-refractivity contribution in [1.29, 1.82) is 0 Å². The highest BCUT2D eigenvalue weighted by Crippen LogP contribution is 2.26. The summed E-state index contributed by atoms with van der Waals surface area (Å²) in [6.07, 6.45) is 0. The van der Waals surface area contributed by atoms with Gasteiger partial charge in [0.25, 0.3) is 5.91 Å². The van der Waals surface area contributed by atoms with Crippen LogP contribution in [0.25, 0.3) is 0 Å². The molecule has 0 aliphatic carbocycles. The lowest BCUT2D eigenvalue weighted by Gasteiger charge is -2.11. The van der Waals surface area contributed by atoms with Gasteiger partial charge >= 0.3 is 0 Å². The maximum absolute atomic E-state index is 11.7. The minimum atomic E-state index is -0.545. The smallest absolute Gasteiger partial charge is 0.263 e. The summed E-state index contributed by atoms with van der Waals surface area (Å²) >= 11 is 7.20. The van der Waals surface area contributed by atoms with E-state index >= 15 is 0 Å². The second-order valence-electron chi connectivity index (χ2n) is 3.28. The number of nitrogens with one attached hydrogen (secondary N) is 1. The summed E-state index contributed by atoms with van der Waals surface area (Å²) in [6.45, 7) is 3.43. The van der Waals surface area contributed by atoms with Gasteiger partial charge in [0, 0.05) is 0 Å². The Morgan fingerprint density at radius 1 is 1.75 bits per heavy atom. The highest BCUT2D eigenvalue weighted by Gasteiger charge is 2.18. The number of amides is 1. The van der Waals surface area contributed by atoms with E-state index in [4.69, 9.17) is 22.5 Å². The van der Waals surface area contributed by atoms with Crippen molar-refractivity contribution in [3.63, 3.8) is 0 Å². The molecule has 1 aromatic rings. The van der Waals surface area contributed by atoms with Gasteiger partial charge in [-0.2, -0.15) is 0 Å². The van der Waals surface area contributed by atoms with E-state index in [-0.39, 0.29) is 11.7 Å². The van der Waals surface area contributed by atoms with Crippen molar-refractivity contribution in [1.82, 2.24) is 5.32 Å². The van der Waals surface area contributed by atoms with Gasteiger partial charge in [0.2, 0.25) is 0 Å². The van der Waals surface area contributed by atoms with Gasteiger partial charge in [0.15, 0.2) is 5.84 Å². The van der Waals surface area contributed by atoms with Gasteiger partial charge in [-0.25, -0.2) is 0 Å². The fraction of sp³-hybridized carbons (Fsp3) is 0.333. The summed E-state index contributed by atoms with van der Waals surface area (Å²) in [7, 11) is 0. The monoisotopic (exact) mass is 261 g/mol. The van der Waals surface area contributed by atoms with Crippen LogP contribution >= 0.6 is 22.9 Å². The maximum Gasteiger partial charge on any atom is 0.263 e. The summed E-state index contributed by atoms with van der Waals surface area (Å²) in [5, 5.41) is 16.1. The van der Waals surface area contributed by atoms with Gasteiger partial charge < -0.3 is 16.3 Å². The summed E-state index contributed by atoms with van der Waals surface area (Å²) in [5.41, 5.74) is 6.20. The fourth-order valence-electron chi connectivity index (χ4n) is 1.01. The zero-order chi connectivity index (χ0) is 12.3. The number of nitrogens with two attached hydrogens (primary N) is 1. The number of oxime groups is 1. The van der Waals surface area contributed by atoms with Crippen LogP contribution in [0.2, 0.25) is 5.02 Å². The predicted octanol–water partition coefficient (Wildman–Crippen LogP) is 1.57. The Bertz CT molecular complexity index is 430. The zero-order valence-electron chi connectivity index (χ0n) is 8.82. The van der Waals surface area contributed by atoms with Gasteiger partial charge in [0.1, 0.15) is 4.88 Å². The topological polar surface area (TPSA) is 87.7 Å². The third-order valence-electron chi connectivity index (χ3n) is 2.01. The minimum absolute atomic E-state index is 0.0576. The largest absolute Gasteiger partial charge is 0.409 e. The number of aryl methyl sites for hydroxylation is 1. The number of hydrogen-bond donors (Lipinski definition) is 3. The van der Waals surface area contributed by atoms with Crippen LogP contribution in [0.4, 0.5) is 0 Å². The van der Waals surface area contributed by atoms with Gasteiger partial charge in [-0.05, 0) is 24.8 Å². The van der Waals surface area contributed by atoms with Crippen LogP contribution < -0.4 is 11.1 Å². The van der Waals surface area contributed by atoms with Crippen LogP contribution in [-0.2, 0) is 0 Å². The van der Waals surface area contributed by atoms with Crippen molar-refractivity contribution < 1.29 is 10.0 Å². The number of carbonyl (C=O) groups excluding carboxylic acids is 1. The van der Waals surface area contributed by atoms with E-state index in [2.05, 4.69) is 10.5 Å². The van der Waals surface area contributed by atoms with Crippen molar-refractivity contribution in [2.75, 3.05) is 0 Å².